The van der Waals surface area contributed by atoms with Gasteiger partial charge in [-0.1, -0.05) is 17.7 Å². The summed E-state index contributed by atoms with van der Waals surface area (Å²) in [6.45, 7) is 0. The van der Waals surface area contributed by atoms with Crippen LogP contribution in [0.3, 0.4) is 0 Å². The van der Waals surface area contributed by atoms with Gasteiger partial charge in [-0.25, -0.2) is 0 Å². The molecule has 0 amide bonds. The van der Waals surface area contributed by atoms with Crippen LogP contribution in [0.1, 0.15) is 24.3 Å². The lowest BCUT2D eigenvalue weighted by molar-refractivity contribution is 1.12. The van der Waals surface area contributed by atoms with E-state index >= 15 is 0 Å². The molecule has 0 atom stereocenters. The Morgan fingerprint density at radius 2 is 2.09 bits per heavy atom. The Kier molecular flexibility index (Phi) is 1.86. The van der Waals surface area contributed by atoms with Gasteiger partial charge < -0.3 is 0 Å². The first-order chi connectivity index (χ1) is 5.27. The Morgan fingerprint density at radius 1 is 1.36 bits per heavy atom. The Bertz CT molecular complexity index is 279. The lowest BCUT2D eigenvalue weighted by Gasteiger charge is -2.00. The van der Waals surface area contributed by atoms with E-state index in [9.17, 15) is 0 Å². The fraction of sp³-hybridized carbons (Fsp3) is 0.333. The second kappa shape index (κ2) is 2.72. The van der Waals surface area contributed by atoms with Crippen molar-refractivity contribution in [2.24, 2.45) is 0 Å². The molecule has 0 heterocycles. The van der Waals surface area contributed by atoms with Crippen LogP contribution in [0.25, 0.3) is 0 Å². The van der Waals surface area contributed by atoms with Gasteiger partial charge in [-0.05, 0) is 36.5 Å². The minimum Gasteiger partial charge on any atom is -0.142 e. The molecule has 58 valence electrons. The normalized spacial score (nSPS) is 16.9. The fourth-order valence-corrected chi connectivity index (χ4v) is 1.52. The van der Waals surface area contributed by atoms with Crippen molar-refractivity contribution < 1.29 is 0 Å². The number of thiol groups is 1. The molecule has 0 unspecified atom stereocenters. The molecule has 0 radical (unpaired) electrons. The average Bonchev–Trinajstić information content (AvgIpc) is 2.77. The van der Waals surface area contributed by atoms with Gasteiger partial charge in [-0.3, -0.25) is 0 Å². The standard InChI is InChI=1S/C9H9ClS/c10-8-5-7(6-1-2-6)3-4-9(8)11/h3-6,11H,1-2H2. The Morgan fingerprint density at radius 3 is 2.64 bits per heavy atom. The highest BCUT2D eigenvalue weighted by molar-refractivity contribution is 7.80. The molecule has 1 aliphatic rings. The van der Waals surface area contributed by atoms with Gasteiger partial charge in [-0.15, -0.1) is 12.6 Å². The van der Waals surface area contributed by atoms with Crippen molar-refractivity contribution in [2.45, 2.75) is 23.7 Å². The van der Waals surface area contributed by atoms with Crippen LogP contribution in [0, 0.1) is 0 Å². The molecule has 0 N–H and O–H groups in total. The molecular weight excluding hydrogens is 176 g/mol. The summed E-state index contributed by atoms with van der Waals surface area (Å²) in [7, 11) is 0. The van der Waals surface area contributed by atoms with Crippen LogP contribution in [0.15, 0.2) is 23.1 Å². The molecule has 2 rings (SSSR count). The molecule has 0 aliphatic heterocycles. The van der Waals surface area contributed by atoms with Gasteiger partial charge >= 0.3 is 0 Å². The van der Waals surface area contributed by atoms with Crippen LogP contribution in [-0.4, -0.2) is 0 Å². The molecule has 0 saturated heterocycles. The molecule has 1 fully saturated rings. The van der Waals surface area contributed by atoms with Crippen LogP contribution in [0.5, 0.6) is 0 Å². The third kappa shape index (κ3) is 1.54. The van der Waals surface area contributed by atoms with Gasteiger partial charge in [0.15, 0.2) is 0 Å². The molecule has 0 nitrogen and oxygen atoms in total. The number of benzene rings is 1. The zero-order valence-electron chi connectivity index (χ0n) is 6.05. The minimum atomic E-state index is 0.776. The fourth-order valence-electron chi connectivity index (χ4n) is 1.19. The number of hydrogen-bond acceptors (Lipinski definition) is 1. The molecule has 0 aromatic heterocycles. The quantitative estimate of drug-likeness (QED) is 0.635. The second-order valence-electron chi connectivity index (χ2n) is 2.99. The topological polar surface area (TPSA) is 0 Å². The zero-order chi connectivity index (χ0) is 7.84. The first-order valence-corrected chi connectivity index (χ1v) is 4.58. The summed E-state index contributed by atoms with van der Waals surface area (Å²) in [6.07, 6.45) is 2.64. The third-order valence-electron chi connectivity index (χ3n) is 2.02. The smallest absolute Gasteiger partial charge is 0.0542 e. The number of halogens is 1. The van der Waals surface area contributed by atoms with E-state index in [0.29, 0.717) is 0 Å². The van der Waals surface area contributed by atoms with Crippen LogP contribution < -0.4 is 0 Å². The van der Waals surface area contributed by atoms with Gasteiger partial charge in [0, 0.05) is 4.90 Å². The lowest BCUT2D eigenvalue weighted by Crippen LogP contribution is -1.78. The molecule has 1 aliphatic carbocycles. The molecule has 1 aromatic carbocycles. The predicted molar refractivity (Wildman–Crippen MR) is 50.7 cm³/mol. The first kappa shape index (κ1) is 7.51. The van der Waals surface area contributed by atoms with E-state index in [0.717, 1.165) is 15.8 Å². The van der Waals surface area contributed by atoms with Gasteiger partial charge in [0.2, 0.25) is 0 Å². The Labute approximate surface area is 77.0 Å². The van der Waals surface area contributed by atoms with Gasteiger partial charge in [0.25, 0.3) is 0 Å². The molecule has 1 aromatic rings. The average molecular weight is 185 g/mol. The summed E-state index contributed by atoms with van der Waals surface area (Å²) in [4.78, 5) is 0.871. The van der Waals surface area contributed by atoms with E-state index in [1.807, 2.05) is 12.1 Å². The van der Waals surface area contributed by atoms with Crippen molar-refractivity contribution in [1.82, 2.24) is 0 Å². The van der Waals surface area contributed by atoms with E-state index in [4.69, 9.17) is 11.6 Å². The van der Waals surface area contributed by atoms with Crippen molar-refractivity contribution in [3.05, 3.63) is 28.8 Å². The van der Waals surface area contributed by atoms with Crippen molar-refractivity contribution in [3.63, 3.8) is 0 Å². The molecule has 1 saturated carbocycles. The first-order valence-electron chi connectivity index (χ1n) is 3.76. The van der Waals surface area contributed by atoms with E-state index in [1.54, 1.807) is 0 Å². The zero-order valence-corrected chi connectivity index (χ0v) is 7.70. The van der Waals surface area contributed by atoms with Crippen LogP contribution in [-0.2, 0) is 0 Å². The van der Waals surface area contributed by atoms with E-state index in [1.165, 1.54) is 18.4 Å². The highest BCUT2D eigenvalue weighted by Crippen LogP contribution is 2.41. The molecule has 0 bridgehead atoms. The third-order valence-corrected chi connectivity index (χ3v) is 2.85. The van der Waals surface area contributed by atoms with Crippen LogP contribution in [0.4, 0.5) is 0 Å². The maximum Gasteiger partial charge on any atom is 0.0542 e. The summed E-state index contributed by atoms with van der Waals surface area (Å²) in [5.74, 6) is 0.779. The van der Waals surface area contributed by atoms with Crippen LogP contribution in [0.2, 0.25) is 5.02 Å². The summed E-state index contributed by atoms with van der Waals surface area (Å²) >= 11 is 10.1. The number of rotatable bonds is 1. The van der Waals surface area contributed by atoms with Crippen molar-refractivity contribution in [1.29, 1.82) is 0 Å². The van der Waals surface area contributed by atoms with Gasteiger partial charge in [0.1, 0.15) is 0 Å². The summed E-state index contributed by atoms with van der Waals surface area (Å²) in [6, 6.07) is 6.12. The molecule has 2 heteroatoms. The van der Waals surface area contributed by atoms with E-state index in [-0.39, 0.29) is 0 Å². The Hall–Kier alpha value is -0.140. The SMILES string of the molecule is Sc1ccc(C2CC2)cc1Cl. The van der Waals surface area contributed by atoms with Gasteiger partial charge in [0.05, 0.1) is 5.02 Å². The van der Waals surface area contributed by atoms with Crippen molar-refractivity contribution >= 4 is 24.2 Å². The minimum absolute atomic E-state index is 0.776. The van der Waals surface area contributed by atoms with Crippen LogP contribution >= 0.6 is 24.2 Å². The van der Waals surface area contributed by atoms with E-state index in [2.05, 4.69) is 18.7 Å². The monoisotopic (exact) mass is 184 g/mol. The Balaban J connectivity index is 2.36. The lowest BCUT2D eigenvalue weighted by atomic mass is 10.1. The highest BCUT2D eigenvalue weighted by atomic mass is 35.5. The summed E-state index contributed by atoms with van der Waals surface area (Å²) in [5, 5.41) is 0.776. The summed E-state index contributed by atoms with van der Waals surface area (Å²) in [5.41, 5.74) is 1.37. The molecule has 0 spiro atoms. The summed E-state index contributed by atoms with van der Waals surface area (Å²) < 4.78 is 0. The van der Waals surface area contributed by atoms with Crippen molar-refractivity contribution in [2.75, 3.05) is 0 Å². The van der Waals surface area contributed by atoms with Crippen molar-refractivity contribution in [3.8, 4) is 0 Å². The predicted octanol–water partition coefficient (Wildman–Crippen LogP) is 3.51. The number of hydrogen-bond donors (Lipinski definition) is 1. The second-order valence-corrected chi connectivity index (χ2v) is 3.87. The maximum absolute atomic E-state index is 5.91. The largest absolute Gasteiger partial charge is 0.142 e. The highest BCUT2D eigenvalue weighted by Gasteiger charge is 2.23. The molecule has 11 heavy (non-hydrogen) atoms. The maximum atomic E-state index is 5.91. The van der Waals surface area contributed by atoms with Gasteiger partial charge in [-0.2, -0.15) is 0 Å². The molecular formula is C9H9ClS. The van der Waals surface area contributed by atoms with E-state index < -0.39 is 0 Å².